The number of rotatable bonds is 8. The molecule has 1 aromatic carbocycles. The predicted octanol–water partition coefficient (Wildman–Crippen LogP) is 4.19. The van der Waals surface area contributed by atoms with Crippen molar-refractivity contribution in [2.75, 3.05) is 13.2 Å². The average molecular weight is 448 g/mol. The van der Waals surface area contributed by atoms with E-state index in [0.29, 0.717) is 25.0 Å². The third-order valence-corrected chi connectivity index (χ3v) is 6.23. The molecular weight excluding hydrogens is 418 g/mol. The first-order valence-corrected chi connectivity index (χ1v) is 11.4. The number of carboxylic acids is 1. The van der Waals surface area contributed by atoms with Gasteiger partial charge in [-0.3, -0.25) is 9.78 Å². The van der Waals surface area contributed by atoms with E-state index in [9.17, 15) is 9.59 Å². The lowest BCUT2D eigenvalue weighted by Gasteiger charge is -2.28. The highest BCUT2D eigenvalue weighted by molar-refractivity contribution is 5.80. The van der Waals surface area contributed by atoms with Gasteiger partial charge in [0.25, 0.3) is 5.56 Å². The molecule has 7 nitrogen and oxygen atoms in total. The minimum absolute atomic E-state index is 0.105. The Balaban J connectivity index is 1.54. The maximum absolute atomic E-state index is 13.0. The molecule has 0 unspecified atom stereocenters. The van der Waals surface area contributed by atoms with Gasteiger partial charge in [0.15, 0.2) is 0 Å². The maximum Gasteiger partial charge on any atom is 0.329 e. The van der Waals surface area contributed by atoms with E-state index in [4.69, 9.17) is 14.9 Å². The molecule has 33 heavy (non-hydrogen) atoms. The molecule has 2 aromatic heterocycles. The van der Waals surface area contributed by atoms with Gasteiger partial charge in [-0.2, -0.15) is 5.10 Å². The van der Waals surface area contributed by atoms with Crippen molar-refractivity contribution in [1.29, 1.82) is 0 Å². The molecule has 0 spiro atoms. The van der Waals surface area contributed by atoms with Crippen molar-refractivity contribution in [3.05, 3.63) is 70.8 Å². The first-order chi connectivity index (χ1) is 16.0. The molecule has 0 amide bonds. The van der Waals surface area contributed by atoms with Crippen LogP contribution in [-0.4, -0.2) is 39.1 Å². The van der Waals surface area contributed by atoms with Gasteiger partial charge in [0.05, 0.1) is 12.3 Å². The topological polar surface area (TPSA) is 94.3 Å². The Morgan fingerprint density at radius 2 is 1.79 bits per heavy atom. The van der Waals surface area contributed by atoms with Crippen LogP contribution in [-0.2, 0) is 16.1 Å². The van der Waals surface area contributed by atoms with Crippen LogP contribution in [0.15, 0.2) is 59.5 Å². The standard InChI is InChI=1S/C26H29N3O4/c1-18-13-22(11-12-27-18)23-14-24(30)29(28-26(23)21-5-3-2-4-6-21)15-19-7-9-20(10-8-19)16-33-17-25(31)32/h2-6,11-14,19-20H,7-10,15-17H2,1H3,(H,31,32)/t19-,20+. The minimum atomic E-state index is -0.936. The Morgan fingerprint density at radius 3 is 2.48 bits per heavy atom. The molecule has 172 valence electrons. The monoisotopic (exact) mass is 447 g/mol. The molecule has 0 aliphatic heterocycles. The molecule has 1 aliphatic carbocycles. The summed E-state index contributed by atoms with van der Waals surface area (Å²) in [7, 11) is 0. The van der Waals surface area contributed by atoms with Crippen LogP contribution in [0.2, 0.25) is 0 Å². The number of aryl methyl sites for hydroxylation is 1. The fourth-order valence-electron chi connectivity index (χ4n) is 4.50. The van der Waals surface area contributed by atoms with E-state index in [1.807, 2.05) is 49.4 Å². The minimum Gasteiger partial charge on any atom is -0.480 e. The summed E-state index contributed by atoms with van der Waals surface area (Å²) < 4.78 is 6.87. The van der Waals surface area contributed by atoms with E-state index in [-0.39, 0.29) is 12.2 Å². The summed E-state index contributed by atoms with van der Waals surface area (Å²) in [5.74, 6) is -0.195. The van der Waals surface area contributed by atoms with Crippen LogP contribution in [0.5, 0.6) is 0 Å². The summed E-state index contributed by atoms with van der Waals surface area (Å²) in [6.45, 7) is 2.75. The van der Waals surface area contributed by atoms with Gasteiger partial charge in [-0.25, -0.2) is 9.48 Å². The number of ether oxygens (including phenoxy) is 1. The molecular formula is C26H29N3O4. The van der Waals surface area contributed by atoms with Crippen molar-refractivity contribution in [3.63, 3.8) is 0 Å². The largest absolute Gasteiger partial charge is 0.480 e. The first kappa shape index (κ1) is 22.9. The van der Waals surface area contributed by atoms with E-state index in [2.05, 4.69) is 4.98 Å². The Bertz CT molecular complexity index is 1150. The van der Waals surface area contributed by atoms with Crippen LogP contribution in [0.4, 0.5) is 0 Å². The zero-order valence-corrected chi connectivity index (χ0v) is 18.8. The summed E-state index contributed by atoms with van der Waals surface area (Å²) in [5.41, 5.74) is 4.28. The summed E-state index contributed by atoms with van der Waals surface area (Å²) in [6, 6.07) is 15.5. The summed E-state index contributed by atoms with van der Waals surface area (Å²) >= 11 is 0. The molecule has 4 rings (SSSR count). The molecule has 0 saturated heterocycles. The van der Waals surface area contributed by atoms with Crippen LogP contribution in [0, 0.1) is 18.8 Å². The number of nitrogens with zero attached hydrogens (tertiary/aromatic N) is 3. The number of benzene rings is 1. The second kappa shape index (κ2) is 10.5. The van der Waals surface area contributed by atoms with E-state index < -0.39 is 5.97 Å². The number of aliphatic carboxylic acids is 1. The van der Waals surface area contributed by atoms with Gasteiger partial charge in [-0.05, 0) is 62.1 Å². The number of carbonyl (C=O) groups is 1. The summed E-state index contributed by atoms with van der Waals surface area (Å²) in [4.78, 5) is 27.9. The number of aromatic nitrogens is 3. The number of hydrogen-bond acceptors (Lipinski definition) is 5. The van der Waals surface area contributed by atoms with Gasteiger partial charge in [-0.1, -0.05) is 30.3 Å². The van der Waals surface area contributed by atoms with Gasteiger partial charge in [0.2, 0.25) is 0 Å². The molecule has 3 aromatic rings. The van der Waals surface area contributed by atoms with Gasteiger partial charge in [0.1, 0.15) is 6.61 Å². The van der Waals surface area contributed by atoms with Crippen molar-refractivity contribution in [2.24, 2.45) is 11.8 Å². The van der Waals surface area contributed by atoms with Crippen molar-refractivity contribution < 1.29 is 14.6 Å². The molecule has 1 aliphatic rings. The normalized spacial score (nSPS) is 18.2. The van der Waals surface area contributed by atoms with E-state index in [1.54, 1.807) is 16.9 Å². The van der Waals surface area contributed by atoms with Crippen LogP contribution >= 0.6 is 0 Å². The van der Waals surface area contributed by atoms with Crippen molar-refractivity contribution >= 4 is 5.97 Å². The molecule has 0 bridgehead atoms. The number of pyridine rings is 1. The van der Waals surface area contributed by atoms with Gasteiger partial charge in [-0.15, -0.1) is 0 Å². The fourth-order valence-corrected chi connectivity index (χ4v) is 4.50. The SMILES string of the molecule is Cc1cc(-c2cc(=O)n(C[C@H]3CC[C@@H](COCC(=O)O)CC3)nc2-c2ccccc2)ccn1. The van der Waals surface area contributed by atoms with Crippen LogP contribution < -0.4 is 5.56 Å². The predicted molar refractivity (Wildman–Crippen MR) is 126 cm³/mol. The quantitative estimate of drug-likeness (QED) is 0.556. The van der Waals surface area contributed by atoms with Gasteiger partial charge < -0.3 is 9.84 Å². The zero-order chi connectivity index (χ0) is 23.2. The second-order valence-electron chi connectivity index (χ2n) is 8.77. The Hall–Kier alpha value is -3.32. The third-order valence-electron chi connectivity index (χ3n) is 6.23. The van der Waals surface area contributed by atoms with Crippen LogP contribution in [0.1, 0.15) is 31.4 Å². The first-order valence-electron chi connectivity index (χ1n) is 11.4. The molecule has 1 fully saturated rings. The third kappa shape index (κ3) is 5.93. The van der Waals surface area contributed by atoms with E-state index >= 15 is 0 Å². The lowest BCUT2D eigenvalue weighted by molar-refractivity contribution is -0.142. The molecule has 7 heteroatoms. The van der Waals surface area contributed by atoms with Crippen molar-refractivity contribution in [1.82, 2.24) is 14.8 Å². The number of carboxylic acid groups (broad SMARTS) is 1. The summed E-state index contributed by atoms with van der Waals surface area (Å²) in [6.07, 6.45) is 5.64. The molecule has 0 atom stereocenters. The Morgan fingerprint density at radius 1 is 1.06 bits per heavy atom. The lowest BCUT2D eigenvalue weighted by Crippen LogP contribution is -2.29. The Kier molecular flexibility index (Phi) is 7.29. The summed E-state index contributed by atoms with van der Waals surface area (Å²) in [5, 5.41) is 13.5. The molecule has 1 saturated carbocycles. The maximum atomic E-state index is 13.0. The van der Waals surface area contributed by atoms with E-state index in [1.165, 1.54) is 0 Å². The number of hydrogen-bond donors (Lipinski definition) is 1. The average Bonchev–Trinajstić information content (AvgIpc) is 2.81. The zero-order valence-electron chi connectivity index (χ0n) is 18.8. The molecule has 2 heterocycles. The van der Waals surface area contributed by atoms with Gasteiger partial charge in [0, 0.05) is 35.6 Å². The van der Waals surface area contributed by atoms with Crippen molar-refractivity contribution in [3.8, 4) is 22.4 Å². The highest BCUT2D eigenvalue weighted by Gasteiger charge is 2.23. The van der Waals surface area contributed by atoms with Gasteiger partial charge >= 0.3 is 5.97 Å². The van der Waals surface area contributed by atoms with Crippen LogP contribution in [0.3, 0.4) is 0 Å². The molecule has 0 radical (unpaired) electrons. The smallest absolute Gasteiger partial charge is 0.329 e. The lowest BCUT2D eigenvalue weighted by atomic mass is 9.82. The van der Waals surface area contributed by atoms with Crippen molar-refractivity contribution in [2.45, 2.75) is 39.2 Å². The van der Waals surface area contributed by atoms with E-state index in [0.717, 1.165) is 53.8 Å². The Labute approximate surface area is 193 Å². The molecule has 1 N–H and O–H groups in total. The van der Waals surface area contributed by atoms with Crippen LogP contribution in [0.25, 0.3) is 22.4 Å². The highest BCUT2D eigenvalue weighted by Crippen LogP contribution is 2.31. The highest BCUT2D eigenvalue weighted by atomic mass is 16.5. The second-order valence-corrected chi connectivity index (χ2v) is 8.77. The fraction of sp³-hybridized carbons (Fsp3) is 0.385.